The Morgan fingerprint density at radius 2 is 2.11 bits per heavy atom. The number of hydrogen-bond acceptors (Lipinski definition) is 2. The summed E-state index contributed by atoms with van der Waals surface area (Å²) in [5.74, 6) is -1.23. The Morgan fingerprint density at radius 3 is 2.89 bits per heavy atom. The first-order valence-electron chi connectivity index (χ1n) is 5.95. The summed E-state index contributed by atoms with van der Waals surface area (Å²) in [5.41, 5.74) is 2.22. The minimum Gasteiger partial charge on any atom is -0.492 e. The summed E-state index contributed by atoms with van der Waals surface area (Å²) in [6.07, 6.45) is 0.843. The third-order valence-electron chi connectivity index (χ3n) is 3.22. The van der Waals surface area contributed by atoms with Crippen LogP contribution in [-0.2, 0) is 6.42 Å². The number of carboxylic acid groups (broad SMARTS) is 1. The molecule has 0 spiro atoms. The van der Waals surface area contributed by atoms with E-state index in [0.717, 1.165) is 23.3 Å². The second-order valence-corrected chi connectivity index (χ2v) is 4.39. The molecule has 0 atom stereocenters. The summed E-state index contributed by atoms with van der Waals surface area (Å²) >= 11 is 0. The lowest BCUT2D eigenvalue weighted by Crippen LogP contribution is -2.00. The largest absolute Gasteiger partial charge is 0.492 e. The van der Waals surface area contributed by atoms with Crippen LogP contribution >= 0.6 is 0 Å². The molecule has 4 heteroatoms. The van der Waals surface area contributed by atoms with Gasteiger partial charge in [0, 0.05) is 12.0 Å². The number of fused-ring (bicyclic) bond motifs is 1. The summed E-state index contributed by atoms with van der Waals surface area (Å²) in [6, 6.07) is 9.81. The van der Waals surface area contributed by atoms with Crippen molar-refractivity contribution in [2.45, 2.75) is 6.42 Å². The van der Waals surface area contributed by atoms with Gasteiger partial charge in [-0.1, -0.05) is 24.3 Å². The lowest BCUT2D eigenvalue weighted by Gasteiger charge is -2.09. The summed E-state index contributed by atoms with van der Waals surface area (Å²) in [5, 5.41) is 8.96. The molecule has 96 valence electrons. The number of carboxylic acids is 1. The van der Waals surface area contributed by atoms with Gasteiger partial charge >= 0.3 is 5.97 Å². The fraction of sp³-hybridized carbons (Fsp3) is 0.133. The minimum absolute atomic E-state index is 0.326. The van der Waals surface area contributed by atoms with Crippen LogP contribution in [0.25, 0.3) is 11.1 Å². The van der Waals surface area contributed by atoms with E-state index in [9.17, 15) is 9.18 Å². The molecule has 3 nitrogen and oxygen atoms in total. The van der Waals surface area contributed by atoms with E-state index in [-0.39, 0.29) is 5.56 Å². The first-order chi connectivity index (χ1) is 9.16. The quantitative estimate of drug-likeness (QED) is 0.900. The van der Waals surface area contributed by atoms with Crippen LogP contribution in [0.3, 0.4) is 0 Å². The fourth-order valence-corrected chi connectivity index (χ4v) is 2.30. The van der Waals surface area contributed by atoms with Gasteiger partial charge in [0.15, 0.2) is 0 Å². The van der Waals surface area contributed by atoms with Gasteiger partial charge in [-0.05, 0) is 23.3 Å². The van der Waals surface area contributed by atoms with Gasteiger partial charge in [0.05, 0.1) is 12.2 Å². The van der Waals surface area contributed by atoms with Crippen LogP contribution in [0.1, 0.15) is 15.9 Å². The molecular formula is C15H11FO3. The van der Waals surface area contributed by atoms with Crippen molar-refractivity contribution in [3.8, 4) is 16.9 Å². The number of benzene rings is 2. The highest BCUT2D eigenvalue weighted by molar-refractivity contribution is 5.90. The van der Waals surface area contributed by atoms with Gasteiger partial charge in [-0.15, -0.1) is 0 Å². The van der Waals surface area contributed by atoms with Crippen LogP contribution in [0, 0.1) is 5.82 Å². The van der Waals surface area contributed by atoms with Crippen molar-refractivity contribution in [1.82, 2.24) is 0 Å². The number of halogens is 1. The van der Waals surface area contributed by atoms with Gasteiger partial charge in [-0.3, -0.25) is 0 Å². The van der Waals surface area contributed by atoms with Crippen molar-refractivity contribution < 1.29 is 19.0 Å². The number of aromatic carboxylic acids is 1. The zero-order chi connectivity index (χ0) is 13.4. The van der Waals surface area contributed by atoms with E-state index < -0.39 is 11.8 Å². The highest BCUT2D eigenvalue weighted by atomic mass is 19.1. The normalized spacial score (nSPS) is 12.9. The van der Waals surface area contributed by atoms with Gasteiger partial charge in [0.25, 0.3) is 0 Å². The maximum Gasteiger partial charge on any atom is 0.338 e. The molecule has 1 N–H and O–H groups in total. The summed E-state index contributed by atoms with van der Waals surface area (Å²) in [4.78, 5) is 11.0. The fourth-order valence-electron chi connectivity index (χ4n) is 2.30. The van der Waals surface area contributed by atoms with E-state index in [2.05, 4.69) is 0 Å². The lowest BCUT2D eigenvalue weighted by molar-refractivity contribution is 0.0692. The Labute approximate surface area is 109 Å². The van der Waals surface area contributed by atoms with Crippen LogP contribution in [0.2, 0.25) is 0 Å². The summed E-state index contributed by atoms with van der Waals surface area (Å²) in [6.45, 7) is 0.624. The molecule has 0 fully saturated rings. The third kappa shape index (κ3) is 1.95. The standard InChI is InChI=1S/C15H11FO3/c16-13-5-4-10(8-12(13)15(17)18)11-3-1-2-9-6-7-19-14(9)11/h1-5,8H,6-7H2,(H,17,18). The number of ether oxygens (including phenoxy) is 1. The smallest absolute Gasteiger partial charge is 0.338 e. The van der Waals surface area contributed by atoms with Crippen LogP contribution in [0.15, 0.2) is 36.4 Å². The molecule has 0 aliphatic carbocycles. The summed E-state index contributed by atoms with van der Waals surface area (Å²) in [7, 11) is 0. The molecule has 0 radical (unpaired) electrons. The van der Waals surface area contributed by atoms with E-state index in [4.69, 9.17) is 9.84 Å². The van der Waals surface area contributed by atoms with Crippen LogP contribution in [-0.4, -0.2) is 17.7 Å². The van der Waals surface area contributed by atoms with Crippen molar-refractivity contribution in [1.29, 1.82) is 0 Å². The van der Waals surface area contributed by atoms with Crippen molar-refractivity contribution in [2.75, 3.05) is 6.61 Å². The van der Waals surface area contributed by atoms with Crippen molar-refractivity contribution in [3.63, 3.8) is 0 Å². The number of hydrogen-bond donors (Lipinski definition) is 1. The summed E-state index contributed by atoms with van der Waals surface area (Å²) < 4.78 is 19.0. The molecule has 3 rings (SSSR count). The van der Waals surface area contributed by atoms with Crippen molar-refractivity contribution >= 4 is 5.97 Å². The highest BCUT2D eigenvalue weighted by Gasteiger charge is 2.18. The van der Waals surface area contributed by atoms with Gasteiger partial charge in [0.2, 0.25) is 0 Å². The Bertz CT molecular complexity index is 664. The molecule has 0 bridgehead atoms. The molecule has 1 aliphatic heterocycles. The number of carbonyl (C=O) groups is 1. The van der Waals surface area contributed by atoms with Crippen molar-refractivity contribution in [2.24, 2.45) is 0 Å². The zero-order valence-electron chi connectivity index (χ0n) is 10.0. The van der Waals surface area contributed by atoms with E-state index >= 15 is 0 Å². The Balaban J connectivity index is 2.16. The van der Waals surface area contributed by atoms with Crippen LogP contribution in [0.5, 0.6) is 5.75 Å². The molecule has 1 heterocycles. The molecular weight excluding hydrogens is 247 g/mol. The second kappa shape index (κ2) is 4.39. The van der Waals surface area contributed by atoms with Gasteiger partial charge < -0.3 is 9.84 Å². The number of rotatable bonds is 2. The van der Waals surface area contributed by atoms with Crippen LogP contribution in [0.4, 0.5) is 4.39 Å². The van der Waals surface area contributed by atoms with E-state index in [0.29, 0.717) is 12.2 Å². The van der Waals surface area contributed by atoms with E-state index in [1.54, 1.807) is 6.07 Å². The first-order valence-corrected chi connectivity index (χ1v) is 5.95. The first kappa shape index (κ1) is 11.7. The predicted molar refractivity (Wildman–Crippen MR) is 68.0 cm³/mol. The monoisotopic (exact) mass is 258 g/mol. The van der Waals surface area contributed by atoms with E-state index in [1.165, 1.54) is 12.1 Å². The Hall–Kier alpha value is -2.36. The van der Waals surface area contributed by atoms with Gasteiger partial charge in [-0.2, -0.15) is 0 Å². The van der Waals surface area contributed by atoms with Crippen LogP contribution < -0.4 is 4.74 Å². The van der Waals surface area contributed by atoms with E-state index in [1.807, 2.05) is 18.2 Å². The molecule has 2 aromatic carbocycles. The lowest BCUT2D eigenvalue weighted by atomic mass is 9.99. The SMILES string of the molecule is O=C(O)c1cc(-c2cccc3c2OCC3)ccc1F. The second-order valence-electron chi connectivity index (χ2n) is 4.39. The zero-order valence-corrected chi connectivity index (χ0v) is 10.0. The molecule has 0 unspecified atom stereocenters. The number of para-hydroxylation sites is 1. The molecule has 0 saturated carbocycles. The highest BCUT2D eigenvalue weighted by Crippen LogP contribution is 2.37. The third-order valence-corrected chi connectivity index (χ3v) is 3.22. The molecule has 0 saturated heterocycles. The minimum atomic E-state index is -1.27. The molecule has 19 heavy (non-hydrogen) atoms. The average Bonchev–Trinajstić information content (AvgIpc) is 2.87. The maximum absolute atomic E-state index is 13.4. The maximum atomic E-state index is 13.4. The van der Waals surface area contributed by atoms with Gasteiger partial charge in [-0.25, -0.2) is 9.18 Å². The molecule has 0 amide bonds. The Morgan fingerprint density at radius 1 is 1.26 bits per heavy atom. The molecule has 1 aliphatic rings. The Kier molecular flexibility index (Phi) is 2.71. The van der Waals surface area contributed by atoms with Crippen molar-refractivity contribution in [3.05, 3.63) is 53.3 Å². The van der Waals surface area contributed by atoms with Gasteiger partial charge in [0.1, 0.15) is 11.6 Å². The molecule has 2 aromatic rings. The predicted octanol–water partition coefficient (Wildman–Crippen LogP) is 3.13. The molecule has 0 aromatic heterocycles. The average molecular weight is 258 g/mol. The topological polar surface area (TPSA) is 46.5 Å².